The molecule has 1 fully saturated rings. The van der Waals surface area contributed by atoms with E-state index in [-0.39, 0.29) is 10.9 Å². The van der Waals surface area contributed by atoms with Crippen molar-refractivity contribution >= 4 is 31.6 Å². The molecule has 3 aromatic carbocycles. The summed E-state index contributed by atoms with van der Waals surface area (Å²) in [5.41, 5.74) is 3.66. The van der Waals surface area contributed by atoms with Crippen molar-refractivity contribution < 1.29 is 8.42 Å². The van der Waals surface area contributed by atoms with Gasteiger partial charge in [0.05, 0.1) is 24.0 Å². The van der Waals surface area contributed by atoms with E-state index in [1.807, 2.05) is 73.7 Å². The average Bonchev–Trinajstić information content (AvgIpc) is 2.74. The van der Waals surface area contributed by atoms with Crippen LogP contribution in [0.2, 0.25) is 0 Å². The Kier molecular flexibility index (Phi) is 5.71. The third-order valence-corrected chi connectivity index (χ3v) is 7.70. The normalized spacial score (nSPS) is 17.3. The van der Waals surface area contributed by atoms with Crippen LogP contribution >= 0.6 is 15.9 Å². The Hall–Kier alpha value is -2.57. The Morgan fingerprint density at radius 1 is 0.967 bits per heavy atom. The predicted octanol–water partition coefficient (Wildman–Crippen LogP) is 5.52. The van der Waals surface area contributed by atoms with Crippen molar-refractivity contribution in [2.24, 2.45) is 0 Å². The largest absolute Gasteiger partial charge is 0.357 e. The standard InChI is InChI=1S/C24H23BrN2O2S/c1-18-11-13-23(14-12-18)30(28,29)27-17-24(20-7-4-3-5-8-20)26(16-19(27)2)22-10-6-9-21(25)15-22/h3-15,24H,2,16-17H2,1H3. The van der Waals surface area contributed by atoms with Crippen molar-refractivity contribution in [3.63, 3.8) is 0 Å². The first-order valence-corrected chi connectivity index (χ1v) is 11.9. The zero-order valence-electron chi connectivity index (χ0n) is 16.7. The van der Waals surface area contributed by atoms with Gasteiger partial charge in [-0.25, -0.2) is 8.42 Å². The molecule has 4 nitrogen and oxygen atoms in total. The Morgan fingerprint density at radius 3 is 2.33 bits per heavy atom. The monoisotopic (exact) mass is 482 g/mol. The van der Waals surface area contributed by atoms with Crippen molar-refractivity contribution in [2.75, 3.05) is 18.0 Å². The zero-order chi connectivity index (χ0) is 21.3. The molecule has 1 saturated heterocycles. The molecular weight excluding hydrogens is 460 g/mol. The number of hydrogen-bond acceptors (Lipinski definition) is 3. The smallest absolute Gasteiger partial charge is 0.264 e. The maximum absolute atomic E-state index is 13.4. The van der Waals surface area contributed by atoms with Gasteiger partial charge in [0.1, 0.15) is 0 Å². The topological polar surface area (TPSA) is 40.6 Å². The van der Waals surface area contributed by atoms with Crippen LogP contribution in [0.1, 0.15) is 17.2 Å². The maximum Gasteiger partial charge on any atom is 0.264 e. The number of piperazine rings is 1. The van der Waals surface area contributed by atoms with Gasteiger partial charge in [-0.15, -0.1) is 0 Å². The number of anilines is 1. The number of benzene rings is 3. The lowest BCUT2D eigenvalue weighted by Crippen LogP contribution is -2.48. The van der Waals surface area contributed by atoms with Crippen LogP contribution in [0.4, 0.5) is 5.69 Å². The fourth-order valence-corrected chi connectivity index (χ4v) is 5.62. The Morgan fingerprint density at radius 2 is 1.67 bits per heavy atom. The molecule has 0 spiro atoms. The van der Waals surface area contributed by atoms with E-state index in [2.05, 4.69) is 27.4 Å². The highest BCUT2D eigenvalue weighted by Gasteiger charge is 2.36. The molecule has 0 amide bonds. The fourth-order valence-electron chi connectivity index (χ4n) is 3.76. The summed E-state index contributed by atoms with van der Waals surface area (Å²) in [6, 6.07) is 24.9. The summed E-state index contributed by atoms with van der Waals surface area (Å²) in [6.45, 7) is 6.78. The van der Waals surface area contributed by atoms with Gasteiger partial charge in [-0.05, 0) is 42.8 Å². The molecule has 0 radical (unpaired) electrons. The van der Waals surface area contributed by atoms with Gasteiger partial charge in [-0.2, -0.15) is 0 Å². The van der Waals surface area contributed by atoms with Crippen molar-refractivity contribution in [2.45, 2.75) is 17.9 Å². The highest BCUT2D eigenvalue weighted by Crippen LogP contribution is 2.37. The molecule has 0 bridgehead atoms. The molecule has 154 valence electrons. The summed E-state index contributed by atoms with van der Waals surface area (Å²) in [6.07, 6.45) is 0. The van der Waals surface area contributed by atoms with Crippen LogP contribution in [0.15, 0.2) is 101 Å². The van der Waals surface area contributed by atoms with E-state index in [9.17, 15) is 8.42 Å². The van der Waals surface area contributed by atoms with Crippen LogP contribution < -0.4 is 4.90 Å². The number of hydrogen-bond donors (Lipinski definition) is 0. The molecule has 0 aliphatic carbocycles. The highest BCUT2D eigenvalue weighted by molar-refractivity contribution is 9.10. The highest BCUT2D eigenvalue weighted by atomic mass is 79.9. The first kappa shape index (κ1) is 20.7. The summed E-state index contributed by atoms with van der Waals surface area (Å²) in [5, 5.41) is 0. The fraction of sp³-hybridized carbons (Fsp3) is 0.167. The van der Waals surface area contributed by atoms with Crippen LogP contribution in [0, 0.1) is 6.92 Å². The molecule has 0 N–H and O–H groups in total. The number of nitrogens with zero attached hydrogens (tertiary/aromatic N) is 2. The Balaban J connectivity index is 1.75. The molecule has 0 aromatic heterocycles. The lowest BCUT2D eigenvalue weighted by atomic mass is 10.0. The minimum atomic E-state index is -3.68. The van der Waals surface area contributed by atoms with Gasteiger partial charge < -0.3 is 4.90 Å². The van der Waals surface area contributed by atoms with Crippen LogP contribution in [0.25, 0.3) is 0 Å². The van der Waals surface area contributed by atoms with Crippen molar-refractivity contribution in [3.05, 3.63) is 107 Å². The molecule has 30 heavy (non-hydrogen) atoms. The molecule has 1 atom stereocenters. The number of sulfonamides is 1. The van der Waals surface area contributed by atoms with Gasteiger partial charge in [-0.1, -0.05) is 76.6 Å². The van der Waals surface area contributed by atoms with Crippen molar-refractivity contribution in [1.29, 1.82) is 0 Å². The number of rotatable bonds is 4. The second-order valence-electron chi connectivity index (χ2n) is 7.45. The van der Waals surface area contributed by atoms with E-state index in [0.717, 1.165) is 21.3 Å². The van der Waals surface area contributed by atoms with Crippen LogP contribution in [-0.4, -0.2) is 25.8 Å². The number of halogens is 1. The van der Waals surface area contributed by atoms with Gasteiger partial charge in [0.15, 0.2) is 0 Å². The summed E-state index contributed by atoms with van der Waals surface area (Å²) in [5.74, 6) is 0. The van der Waals surface area contributed by atoms with E-state index >= 15 is 0 Å². The van der Waals surface area contributed by atoms with E-state index in [1.165, 1.54) is 4.31 Å². The molecule has 1 aliphatic rings. The van der Waals surface area contributed by atoms with Gasteiger partial charge in [0.25, 0.3) is 10.0 Å². The Labute approximate surface area is 186 Å². The molecule has 1 unspecified atom stereocenters. The summed E-state index contributed by atoms with van der Waals surface area (Å²) in [4.78, 5) is 2.50. The molecule has 4 rings (SSSR count). The molecule has 1 aliphatic heterocycles. The second kappa shape index (κ2) is 8.28. The minimum absolute atomic E-state index is 0.133. The first-order chi connectivity index (χ1) is 14.4. The van der Waals surface area contributed by atoms with Gasteiger partial charge in [0.2, 0.25) is 0 Å². The third kappa shape index (κ3) is 4.02. The van der Waals surface area contributed by atoms with E-state index < -0.39 is 10.0 Å². The van der Waals surface area contributed by atoms with Crippen molar-refractivity contribution in [3.8, 4) is 0 Å². The van der Waals surface area contributed by atoms with Gasteiger partial charge in [-0.3, -0.25) is 4.31 Å². The van der Waals surface area contributed by atoms with Crippen molar-refractivity contribution in [1.82, 2.24) is 4.31 Å². The summed E-state index contributed by atoms with van der Waals surface area (Å²) in [7, 11) is -3.68. The van der Waals surface area contributed by atoms with Crippen LogP contribution in [-0.2, 0) is 10.0 Å². The third-order valence-electron chi connectivity index (χ3n) is 5.35. The molecule has 3 aromatic rings. The number of aryl methyl sites for hydroxylation is 1. The van der Waals surface area contributed by atoms with Gasteiger partial charge in [0, 0.05) is 15.9 Å². The minimum Gasteiger partial charge on any atom is -0.357 e. The van der Waals surface area contributed by atoms with E-state index in [1.54, 1.807) is 12.1 Å². The van der Waals surface area contributed by atoms with E-state index in [4.69, 9.17) is 0 Å². The summed E-state index contributed by atoms with van der Waals surface area (Å²) >= 11 is 3.54. The molecule has 6 heteroatoms. The Bertz CT molecular complexity index is 1160. The second-order valence-corrected chi connectivity index (χ2v) is 10.2. The van der Waals surface area contributed by atoms with Gasteiger partial charge >= 0.3 is 0 Å². The lowest BCUT2D eigenvalue weighted by Gasteiger charge is -2.44. The SMILES string of the molecule is C=C1CN(c2cccc(Br)c2)C(c2ccccc2)CN1S(=O)(=O)c1ccc(C)cc1. The first-order valence-electron chi connectivity index (χ1n) is 9.70. The van der Waals surface area contributed by atoms with Crippen LogP contribution in [0.5, 0.6) is 0 Å². The lowest BCUT2D eigenvalue weighted by molar-refractivity contribution is 0.390. The molecule has 1 heterocycles. The zero-order valence-corrected chi connectivity index (χ0v) is 19.1. The molecule has 0 saturated carbocycles. The van der Waals surface area contributed by atoms with Crippen LogP contribution in [0.3, 0.4) is 0 Å². The quantitative estimate of drug-likeness (QED) is 0.491. The maximum atomic E-state index is 13.4. The molecular formula is C24H23BrN2O2S. The summed E-state index contributed by atoms with van der Waals surface area (Å²) < 4.78 is 29.3. The van der Waals surface area contributed by atoms with E-state index in [0.29, 0.717) is 18.8 Å². The predicted molar refractivity (Wildman–Crippen MR) is 125 cm³/mol. The average molecular weight is 483 g/mol.